The summed E-state index contributed by atoms with van der Waals surface area (Å²) < 4.78 is 0. The first kappa shape index (κ1) is 11.5. The third-order valence-corrected chi connectivity index (χ3v) is 3.30. The molecule has 1 fully saturated rings. The predicted molar refractivity (Wildman–Crippen MR) is 55.8 cm³/mol. The maximum Gasteiger partial charge on any atom is 0.222 e. The predicted octanol–water partition coefficient (Wildman–Crippen LogP) is 1.31. The zero-order chi connectivity index (χ0) is 10.6. The summed E-state index contributed by atoms with van der Waals surface area (Å²) in [4.78, 5) is 11.5. The van der Waals surface area contributed by atoms with E-state index in [0.29, 0.717) is 0 Å². The molecule has 0 aromatic rings. The SMILES string of the molecule is CCC(C)C(=O)NCC1(CCO)CC1. The van der Waals surface area contributed by atoms with Crippen LogP contribution in [0.15, 0.2) is 0 Å². The molecule has 0 bridgehead atoms. The van der Waals surface area contributed by atoms with Crippen molar-refractivity contribution in [2.45, 2.75) is 39.5 Å². The average Bonchev–Trinajstić information content (AvgIpc) is 2.94. The molecule has 1 aliphatic rings. The van der Waals surface area contributed by atoms with Gasteiger partial charge in [0.15, 0.2) is 0 Å². The Morgan fingerprint density at radius 2 is 2.21 bits per heavy atom. The quantitative estimate of drug-likeness (QED) is 0.677. The fourth-order valence-electron chi connectivity index (χ4n) is 1.56. The highest BCUT2D eigenvalue weighted by molar-refractivity contribution is 5.78. The first-order valence-corrected chi connectivity index (χ1v) is 5.52. The van der Waals surface area contributed by atoms with E-state index in [1.165, 1.54) is 0 Å². The second kappa shape index (κ2) is 4.78. The first-order chi connectivity index (χ1) is 6.63. The van der Waals surface area contributed by atoms with E-state index in [4.69, 9.17) is 5.11 Å². The minimum Gasteiger partial charge on any atom is -0.396 e. The lowest BCUT2D eigenvalue weighted by Crippen LogP contribution is -2.34. The number of hydrogen-bond donors (Lipinski definition) is 2. The summed E-state index contributed by atoms with van der Waals surface area (Å²) in [6, 6.07) is 0. The summed E-state index contributed by atoms with van der Waals surface area (Å²) in [5.74, 6) is 0.261. The molecular formula is C11H21NO2. The van der Waals surface area contributed by atoms with Gasteiger partial charge in [0, 0.05) is 19.1 Å². The third-order valence-electron chi connectivity index (χ3n) is 3.30. The lowest BCUT2D eigenvalue weighted by molar-refractivity contribution is -0.124. The third kappa shape index (κ3) is 2.98. The molecule has 1 amide bonds. The van der Waals surface area contributed by atoms with Crippen LogP contribution >= 0.6 is 0 Å². The van der Waals surface area contributed by atoms with Crippen LogP contribution in [0, 0.1) is 11.3 Å². The van der Waals surface area contributed by atoms with Gasteiger partial charge in [-0.1, -0.05) is 13.8 Å². The zero-order valence-electron chi connectivity index (χ0n) is 9.18. The van der Waals surface area contributed by atoms with E-state index in [9.17, 15) is 4.79 Å². The van der Waals surface area contributed by atoms with Crippen molar-refractivity contribution >= 4 is 5.91 Å². The molecule has 0 spiro atoms. The van der Waals surface area contributed by atoms with Crippen molar-refractivity contribution in [1.82, 2.24) is 5.32 Å². The molecule has 1 rings (SSSR count). The van der Waals surface area contributed by atoms with Gasteiger partial charge in [0.25, 0.3) is 0 Å². The van der Waals surface area contributed by atoms with Crippen molar-refractivity contribution in [2.75, 3.05) is 13.2 Å². The highest BCUT2D eigenvalue weighted by atomic mass is 16.3. The van der Waals surface area contributed by atoms with Gasteiger partial charge < -0.3 is 10.4 Å². The van der Waals surface area contributed by atoms with Gasteiger partial charge in [-0.2, -0.15) is 0 Å². The fraction of sp³-hybridized carbons (Fsp3) is 0.909. The maximum absolute atomic E-state index is 11.5. The summed E-state index contributed by atoms with van der Waals surface area (Å²) in [7, 11) is 0. The molecule has 0 heterocycles. The standard InChI is InChI=1S/C11H21NO2/c1-3-9(2)10(14)12-8-11(4-5-11)6-7-13/h9,13H,3-8H2,1-2H3,(H,12,14). The van der Waals surface area contributed by atoms with Crippen LogP contribution in [-0.2, 0) is 4.79 Å². The Labute approximate surface area is 85.9 Å². The molecule has 1 saturated carbocycles. The molecule has 0 aliphatic heterocycles. The number of aliphatic hydroxyl groups is 1. The molecule has 0 aromatic heterocycles. The highest BCUT2D eigenvalue weighted by Gasteiger charge is 2.41. The Balaban J connectivity index is 2.23. The van der Waals surface area contributed by atoms with Gasteiger partial charge in [-0.3, -0.25) is 4.79 Å². The van der Waals surface area contributed by atoms with Gasteiger partial charge in [0.2, 0.25) is 5.91 Å². The second-order valence-electron chi connectivity index (χ2n) is 4.50. The Morgan fingerprint density at radius 3 is 2.64 bits per heavy atom. The lowest BCUT2D eigenvalue weighted by Gasteiger charge is -2.16. The minimum absolute atomic E-state index is 0.111. The normalized spacial score (nSPS) is 20.2. The number of carbonyl (C=O) groups is 1. The van der Waals surface area contributed by atoms with Crippen molar-refractivity contribution in [1.29, 1.82) is 0 Å². The number of hydrogen-bond acceptors (Lipinski definition) is 2. The smallest absolute Gasteiger partial charge is 0.222 e. The van der Waals surface area contributed by atoms with Crippen molar-refractivity contribution in [2.24, 2.45) is 11.3 Å². The second-order valence-corrected chi connectivity index (χ2v) is 4.50. The van der Waals surface area contributed by atoms with E-state index >= 15 is 0 Å². The largest absolute Gasteiger partial charge is 0.396 e. The molecule has 0 radical (unpaired) electrons. The van der Waals surface area contributed by atoms with Crippen LogP contribution in [0.1, 0.15) is 39.5 Å². The molecule has 1 unspecified atom stereocenters. The topological polar surface area (TPSA) is 49.3 Å². The molecule has 3 heteroatoms. The van der Waals surface area contributed by atoms with Crippen LogP contribution in [-0.4, -0.2) is 24.2 Å². The highest BCUT2D eigenvalue weighted by Crippen LogP contribution is 2.47. The van der Waals surface area contributed by atoms with E-state index in [0.717, 1.165) is 32.2 Å². The van der Waals surface area contributed by atoms with Crippen LogP contribution in [0.5, 0.6) is 0 Å². The molecule has 1 aliphatic carbocycles. The lowest BCUT2D eigenvalue weighted by atomic mass is 10.0. The Kier molecular flexibility index (Phi) is 3.93. The van der Waals surface area contributed by atoms with Crippen LogP contribution in [0.25, 0.3) is 0 Å². The van der Waals surface area contributed by atoms with E-state index in [1.54, 1.807) is 0 Å². The Morgan fingerprint density at radius 1 is 1.57 bits per heavy atom. The van der Waals surface area contributed by atoms with Crippen LogP contribution in [0.2, 0.25) is 0 Å². The zero-order valence-corrected chi connectivity index (χ0v) is 9.18. The molecule has 1 atom stereocenters. The first-order valence-electron chi connectivity index (χ1n) is 5.52. The average molecular weight is 199 g/mol. The van der Waals surface area contributed by atoms with E-state index in [2.05, 4.69) is 5.32 Å². The number of nitrogens with one attached hydrogen (secondary N) is 1. The van der Waals surface area contributed by atoms with Gasteiger partial charge in [-0.15, -0.1) is 0 Å². The summed E-state index contributed by atoms with van der Waals surface area (Å²) in [5.41, 5.74) is 0.234. The monoisotopic (exact) mass is 199 g/mol. The number of aliphatic hydroxyl groups excluding tert-OH is 1. The maximum atomic E-state index is 11.5. The van der Waals surface area contributed by atoms with Crippen molar-refractivity contribution in [3.63, 3.8) is 0 Å². The number of carbonyl (C=O) groups excluding carboxylic acids is 1. The summed E-state index contributed by atoms with van der Waals surface area (Å²) >= 11 is 0. The van der Waals surface area contributed by atoms with E-state index < -0.39 is 0 Å². The summed E-state index contributed by atoms with van der Waals surface area (Å²) in [6.45, 7) is 4.95. The molecule has 14 heavy (non-hydrogen) atoms. The van der Waals surface area contributed by atoms with Gasteiger partial charge in [-0.05, 0) is 31.1 Å². The van der Waals surface area contributed by atoms with Crippen LogP contribution in [0.3, 0.4) is 0 Å². The minimum atomic E-state index is 0.111. The van der Waals surface area contributed by atoms with Crippen LogP contribution < -0.4 is 5.32 Å². The van der Waals surface area contributed by atoms with E-state index in [1.807, 2.05) is 13.8 Å². The molecule has 3 nitrogen and oxygen atoms in total. The molecular weight excluding hydrogens is 178 g/mol. The molecule has 0 aromatic carbocycles. The fourth-order valence-corrected chi connectivity index (χ4v) is 1.56. The van der Waals surface area contributed by atoms with Crippen molar-refractivity contribution in [3.05, 3.63) is 0 Å². The molecule has 2 N–H and O–H groups in total. The molecule has 0 saturated heterocycles. The van der Waals surface area contributed by atoms with Gasteiger partial charge in [0.05, 0.1) is 0 Å². The van der Waals surface area contributed by atoms with Crippen molar-refractivity contribution in [3.8, 4) is 0 Å². The van der Waals surface area contributed by atoms with E-state index in [-0.39, 0.29) is 23.8 Å². The van der Waals surface area contributed by atoms with Gasteiger partial charge in [-0.25, -0.2) is 0 Å². The van der Waals surface area contributed by atoms with Gasteiger partial charge >= 0.3 is 0 Å². The van der Waals surface area contributed by atoms with Crippen LogP contribution in [0.4, 0.5) is 0 Å². The number of amides is 1. The molecule has 82 valence electrons. The van der Waals surface area contributed by atoms with Crippen molar-refractivity contribution < 1.29 is 9.90 Å². The number of rotatable bonds is 6. The summed E-state index contributed by atoms with van der Waals surface area (Å²) in [6.07, 6.45) is 4.01. The Hall–Kier alpha value is -0.570. The van der Waals surface area contributed by atoms with Gasteiger partial charge in [0.1, 0.15) is 0 Å². The summed E-state index contributed by atoms with van der Waals surface area (Å²) in [5, 5.41) is 11.8. The Bertz CT molecular complexity index is 199.